The van der Waals surface area contributed by atoms with Crippen molar-refractivity contribution in [2.24, 2.45) is 5.92 Å². The lowest BCUT2D eigenvalue weighted by Crippen LogP contribution is -2.11. The maximum atomic E-state index is 4.14. The molecule has 19 heavy (non-hydrogen) atoms. The van der Waals surface area contributed by atoms with Crippen LogP contribution in [0.1, 0.15) is 31.2 Å². The number of aromatic nitrogens is 3. The highest BCUT2D eigenvalue weighted by atomic mass is 15.3. The highest BCUT2D eigenvalue weighted by Gasteiger charge is 2.14. The predicted octanol–water partition coefficient (Wildman–Crippen LogP) is 2.93. The van der Waals surface area contributed by atoms with Crippen LogP contribution in [-0.2, 0) is 6.54 Å². The first kappa shape index (κ1) is 12.2. The molecular weight excluding hydrogens is 236 g/mol. The zero-order valence-corrected chi connectivity index (χ0v) is 11.1. The number of nitrogens with zero attached hydrogens (tertiary/aromatic N) is 3. The van der Waals surface area contributed by atoms with Gasteiger partial charge in [0.15, 0.2) is 0 Å². The molecule has 0 unspecified atom stereocenters. The second-order valence-corrected chi connectivity index (χ2v) is 5.32. The van der Waals surface area contributed by atoms with Crippen molar-refractivity contribution in [1.29, 1.82) is 0 Å². The van der Waals surface area contributed by atoms with E-state index >= 15 is 0 Å². The van der Waals surface area contributed by atoms with Crippen molar-refractivity contribution in [2.45, 2.75) is 32.2 Å². The van der Waals surface area contributed by atoms with Gasteiger partial charge < -0.3 is 5.32 Å². The summed E-state index contributed by atoms with van der Waals surface area (Å²) in [6.45, 7) is 1.88. The Hall–Kier alpha value is -1.84. The standard InChI is InChI=1S/C15H20N4/c1-2-5-13(4-1)9-17-15-7-3-6-14(8-15)10-19-12-16-11-18-19/h3,6-8,11-13,17H,1-2,4-5,9-10H2. The largest absolute Gasteiger partial charge is 0.385 e. The molecule has 0 amide bonds. The fourth-order valence-corrected chi connectivity index (χ4v) is 2.76. The molecule has 4 nitrogen and oxygen atoms in total. The first-order valence-electron chi connectivity index (χ1n) is 7.05. The lowest BCUT2D eigenvalue weighted by atomic mass is 10.1. The Morgan fingerprint density at radius 2 is 2.16 bits per heavy atom. The zero-order chi connectivity index (χ0) is 12.9. The molecule has 0 radical (unpaired) electrons. The van der Waals surface area contributed by atoms with Gasteiger partial charge in [0.2, 0.25) is 0 Å². The van der Waals surface area contributed by atoms with Crippen LogP contribution in [0.15, 0.2) is 36.9 Å². The monoisotopic (exact) mass is 256 g/mol. The van der Waals surface area contributed by atoms with Gasteiger partial charge in [0, 0.05) is 12.2 Å². The zero-order valence-electron chi connectivity index (χ0n) is 11.1. The van der Waals surface area contributed by atoms with Gasteiger partial charge in [-0.25, -0.2) is 9.67 Å². The number of benzene rings is 1. The summed E-state index contributed by atoms with van der Waals surface area (Å²) in [4.78, 5) is 3.97. The van der Waals surface area contributed by atoms with Crippen LogP contribution in [0.3, 0.4) is 0 Å². The van der Waals surface area contributed by atoms with E-state index in [2.05, 4.69) is 39.7 Å². The van der Waals surface area contributed by atoms with Crippen LogP contribution in [0.2, 0.25) is 0 Å². The first-order valence-corrected chi connectivity index (χ1v) is 7.05. The molecule has 100 valence electrons. The van der Waals surface area contributed by atoms with Crippen molar-refractivity contribution in [2.75, 3.05) is 11.9 Å². The number of nitrogens with one attached hydrogen (secondary N) is 1. The van der Waals surface area contributed by atoms with E-state index in [1.807, 2.05) is 4.68 Å². The third-order valence-electron chi connectivity index (χ3n) is 3.81. The Morgan fingerprint density at radius 1 is 1.26 bits per heavy atom. The normalized spacial score (nSPS) is 15.8. The molecule has 1 aliphatic carbocycles. The number of rotatable bonds is 5. The minimum Gasteiger partial charge on any atom is -0.385 e. The SMILES string of the molecule is c1cc(Cn2cncn2)cc(NCC2CCCC2)c1. The Balaban J connectivity index is 1.59. The average Bonchev–Trinajstić information content (AvgIpc) is 3.10. The molecule has 1 aromatic heterocycles. The van der Waals surface area contributed by atoms with E-state index < -0.39 is 0 Å². The summed E-state index contributed by atoms with van der Waals surface area (Å²) < 4.78 is 1.84. The van der Waals surface area contributed by atoms with Crippen molar-refractivity contribution in [3.05, 3.63) is 42.5 Å². The predicted molar refractivity (Wildman–Crippen MR) is 76.0 cm³/mol. The van der Waals surface area contributed by atoms with Gasteiger partial charge in [0.05, 0.1) is 6.54 Å². The van der Waals surface area contributed by atoms with Crippen LogP contribution in [0.25, 0.3) is 0 Å². The summed E-state index contributed by atoms with van der Waals surface area (Å²) in [7, 11) is 0. The minimum absolute atomic E-state index is 0.777. The first-order chi connectivity index (χ1) is 9.40. The molecule has 0 saturated heterocycles. The lowest BCUT2D eigenvalue weighted by Gasteiger charge is -2.12. The summed E-state index contributed by atoms with van der Waals surface area (Å²) in [6.07, 6.45) is 8.88. The average molecular weight is 256 g/mol. The molecule has 1 aromatic carbocycles. The topological polar surface area (TPSA) is 42.7 Å². The Bertz CT molecular complexity index is 501. The maximum Gasteiger partial charge on any atom is 0.137 e. The summed E-state index contributed by atoms with van der Waals surface area (Å²) in [6, 6.07) is 8.57. The molecular formula is C15H20N4. The van der Waals surface area contributed by atoms with E-state index in [0.29, 0.717) is 0 Å². The summed E-state index contributed by atoms with van der Waals surface area (Å²) in [5.41, 5.74) is 2.46. The van der Waals surface area contributed by atoms with Gasteiger partial charge in [-0.1, -0.05) is 25.0 Å². The van der Waals surface area contributed by atoms with E-state index in [9.17, 15) is 0 Å². The molecule has 2 aromatic rings. The molecule has 3 rings (SSSR count). The second-order valence-electron chi connectivity index (χ2n) is 5.32. The van der Waals surface area contributed by atoms with E-state index in [1.54, 1.807) is 12.7 Å². The van der Waals surface area contributed by atoms with Crippen LogP contribution in [-0.4, -0.2) is 21.3 Å². The minimum atomic E-state index is 0.777. The van der Waals surface area contributed by atoms with Gasteiger partial charge in [-0.15, -0.1) is 0 Å². The molecule has 1 aliphatic rings. The van der Waals surface area contributed by atoms with Crippen molar-refractivity contribution in [1.82, 2.24) is 14.8 Å². The fourth-order valence-electron chi connectivity index (χ4n) is 2.76. The van der Waals surface area contributed by atoms with Gasteiger partial charge in [0.1, 0.15) is 12.7 Å². The van der Waals surface area contributed by atoms with Gasteiger partial charge in [-0.2, -0.15) is 5.10 Å². The fraction of sp³-hybridized carbons (Fsp3) is 0.467. The van der Waals surface area contributed by atoms with E-state index in [0.717, 1.165) is 19.0 Å². The van der Waals surface area contributed by atoms with Crippen LogP contribution in [0.4, 0.5) is 5.69 Å². The number of hydrogen-bond donors (Lipinski definition) is 1. The van der Waals surface area contributed by atoms with Crippen molar-refractivity contribution >= 4 is 5.69 Å². The molecule has 0 bridgehead atoms. The van der Waals surface area contributed by atoms with Crippen molar-refractivity contribution in [3.63, 3.8) is 0 Å². The van der Waals surface area contributed by atoms with E-state index in [1.165, 1.54) is 36.9 Å². The van der Waals surface area contributed by atoms with Crippen LogP contribution in [0, 0.1) is 5.92 Å². The lowest BCUT2D eigenvalue weighted by molar-refractivity contribution is 0.580. The molecule has 0 spiro atoms. The highest BCUT2D eigenvalue weighted by molar-refractivity contribution is 5.45. The van der Waals surface area contributed by atoms with Crippen molar-refractivity contribution < 1.29 is 0 Å². The van der Waals surface area contributed by atoms with Crippen LogP contribution >= 0.6 is 0 Å². The van der Waals surface area contributed by atoms with Gasteiger partial charge in [-0.3, -0.25) is 0 Å². The maximum absolute atomic E-state index is 4.14. The van der Waals surface area contributed by atoms with Crippen LogP contribution in [0.5, 0.6) is 0 Å². The molecule has 0 atom stereocenters. The third-order valence-corrected chi connectivity index (χ3v) is 3.81. The van der Waals surface area contributed by atoms with Gasteiger partial charge >= 0.3 is 0 Å². The number of anilines is 1. The molecule has 4 heteroatoms. The summed E-state index contributed by atoms with van der Waals surface area (Å²) in [5.74, 6) is 0.860. The summed E-state index contributed by atoms with van der Waals surface area (Å²) in [5, 5.41) is 7.70. The smallest absolute Gasteiger partial charge is 0.137 e. The summed E-state index contributed by atoms with van der Waals surface area (Å²) >= 11 is 0. The molecule has 0 aliphatic heterocycles. The van der Waals surface area contributed by atoms with Gasteiger partial charge in [-0.05, 0) is 36.5 Å². The highest BCUT2D eigenvalue weighted by Crippen LogP contribution is 2.25. The second kappa shape index (κ2) is 5.87. The Labute approximate surface area is 113 Å². The van der Waals surface area contributed by atoms with Crippen LogP contribution < -0.4 is 5.32 Å². The van der Waals surface area contributed by atoms with Gasteiger partial charge in [0.25, 0.3) is 0 Å². The quantitative estimate of drug-likeness (QED) is 0.894. The molecule has 1 saturated carbocycles. The Kier molecular flexibility index (Phi) is 3.77. The van der Waals surface area contributed by atoms with E-state index in [-0.39, 0.29) is 0 Å². The molecule has 1 N–H and O–H groups in total. The third kappa shape index (κ3) is 3.34. The van der Waals surface area contributed by atoms with E-state index in [4.69, 9.17) is 0 Å². The van der Waals surface area contributed by atoms with Crippen molar-refractivity contribution in [3.8, 4) is 0 Å². The molecule has 1 fully saturated rings. The molecule has 1 heterocycles. The number of hydrogen-bond acceptors (Lipinski definition) is 3. The Morgan fingerprint density at radius 3 is 2.95 bits per heavy atom.